The van der Waals surface area contributed by atoms with Gasteiger partial charge in [0.05, 0.1) is 6.61 Å². The van der Waals surface area contributed by atoms with Crippen molar-refractivity contribution in [2.24, 2.45) is 0 Å². The average molecular weight is 247 g/mol. The van der Waals surface area contributed by atoms with Gasteiger partial charge in [0, 0.05) is 12.8 Å². The van der Waals surface area contributed by atoms with Crippen LogP contribution in [0.1, 0.15) is 37.7 Å². The lowest BCUT2D eigenvalue weighted by Crippen LogP contribution is -2.26. The Kier molecular flexibility index (Phi) is 5.21. The van der Waals surface area contributed by atoms with Crippen LogP contribution in [0.25, 0.3) is 0 Å². The first-order chi connectivity index (χ1) is 8.86. The molecule has 1 aliphatic carbocycles. The third kappa shape index (κ3) is 4.15. The fraction of sp³-hybridized carbons (Fsp3) is 0.533. The largest absolute Gasteiger partial charge is 0.624 e. The minimum atomic E-state index is 0.180. The molecule has 0 N–H and O–H groups in total. The zero-order valence-corrected chi connectivity index (χ0v) is 10.8. The molecule has 18 heavy (non-hydrogen) atoms. The molecule has 0 saturated heterocycles. The number of hydrogen-bond donors (Lipinski definition) is 0. The maximum Gasteiger partial charge on any atom is 0.177 e. The van der Waals surface area contributed by atoms with E-state index in [2.05, 4.69) is 0 Å². The fourth-order valence-electron chi connectivity index (χ4n) is 2.36. The van der Waals surface area contributed by atoms with Crippen LogP contribution in [-0.2, 0) is 11.3 Å². The van der Waals surface area contributed by atoms with Crippen molar-refractivity contribution < 1.29 is 9.48 Å². The van der Waals surface area contributed by atoms with E-state index >= 15 is 0 Å². The SMILES string of the molecule is [O-][N+](=CCOCc1ccccc1)C1CCCCC1. The van der Waals surface area contributed by atoms with Crippen molar-refractivity contribution in [3.8, 4) is 0 Å². The number of ether oxygens (including phenoxy) is 1. The van der Waals surface area contributed by atoms with Crippen molar-refractivity contribution in [1.29, 1.82) is 0 Å². The molecule has 0 radical (unpaired) electrons. The molecule has 1 saturated carbocycles. The summed E-state index contributed by atoms with van der Waals surface area (Å²) >= 11 is 0. The van der Waals surface area contributed by atoms with Crippen LogP contribution in [0.15, 0.2) is 30.3 Å². The molecule has 1 aromatic carbocycles. The van der Waals surface area contributed by atoms with Gasteiger partial charge in [-0.05, 0) is 18.4 Å². The van der Waals surface area contributed by atoms with Gasteiger partial charge in [0.1, 0.15) is 6.61 Å². The standard InChI is InChI=1S/C15H21NO2/c17-16(15-9-5-2-6-10-15)11-12-18-13-14-7-3-1-4-8-14/h1,3-4,7-8,11,15H,2,5-6,9-10,12-13H2. The lowest BCUT2D eigenvalue weighted by molar-refractivity contribution is -0.502. The van der Waals surface area contributed by atoms with Crippen LogP contribution >= 0.6 is 0 Å². The molecule has 3 heteroatoms. The summed E-state index contributed by atoms with van der Waals surface area (Å²) in [4.78, 5) is 0. The highest BCUT2D eigenvalue weighted by Gasteiger charge is 2.18. The summed E-state index contributed by atoms with van der Waals surface area (Å²) in [6.45, 7) is 0.963. The van der Waals surface area contributed by atoms with E-state index in [1.165, 1.54) is 19.3 Å². The van der Waals surface area contributed by atoms with Crippen LogP contribution < -0.4 is 0 Å². The maximum atomic E-state index is 11.8. The van der Waals surface area contributed by atoms with Gasteiger partial charge in [0.2, 0.25) is 0 Å². The molecule has 0 bridgehead atoms. The first-order valence-electron chi connectivity index (χ1n) is 6.77. The minimum Gasteiger partial charge on any atom is -0.624 e. The van der Waals surface area contributed by atoms with E-state index in [1.54, 1.807) is 6.21 Å². The van der Waals surface area contributed by atoms with E-state index in [4.69, 9.17) is 4.74 Å². The van der Waals surface area contributed by atoms with E-state index < -0.39 is 0 Å². The van der Waals surface area contributed by atoms with Crippen molar-refractivity contribution in [3.05, 3.63) is 41.1 Å². The number of nitrogens with zero attached hydrogens (tertiary/aromatic N) is 1. The Balaban J connectivity index is 1.70. The van der Waals surface area contributed by atoms with Gasteiger partial charge >= 0.3 is 0 Å². The normalized spacial score (nSPS) is 17.9. The molecule has 0 atom stereocenters. The van der Waals surface area contributed by atoms with Crippen molar-refractivity contribution in [1.82, 2.24) is 0 Å². The van der Waals surface area contributed by atoms with Gasteiger partial charge < -0.3 is 9.94 Å². The molecule has 2 rings (SSSR count). The van der Waals surface area contributed by atoms with Crippen LogP contribution in [0.5, 0.6) is 0 Å². The summed E-state index contributed by atoms with van der Waals surface area (Å²) in [5.74, 6) is 0. The predicted molar refractivity (Wildman–Crippen MR) is 72.7 cm³/mol. The summed E-state index contributed by atoms with van der Waals surface area (Å²) in [6.07, 6.45) is 7.33. The summed E-state index contributed by atoms with van der Waals surface area (Å²) < 4.78 is 6.59. The molecular weight excluding hydrogens is 226 g/mol. The first-order valence-corrected chi connectivity index (χ1v) is 6.77. The van der Waals surface area contributed by atoms with Gasteiger partial charge in [-0.2, -0.15) is 0 Å². The molecule has 0 aliphatic heterocycles. The minimum absolute atomic E-state index is 0.180. The second kappa shape index (κ2) is 7.17. The van der Waals surface area contributed by atoms with Crippen LogP contribution in [0, 0.1) is 5.21 Å². The monoisotopic (exact) mass is 247 g/mol. The van der Waals surface area contributed by atoms with Gasteiger partial charge in [-0.15, -0.1) is 0 Å². The summed E-state index contributed by atoms with van der Waals surface area (Å²) in [5, 5.41) is 11.8. The zero-order chi connectivity index (χ0) is 12.6. The van der Waals surface area contributed by atoms with Crippen molar-refractivity contribution in [2.45, 2.75) is 44.8 Å². The third-order valence-electron chi connectivity index (χ3n) is 3.42. The lowest BCUT2D eigenvalue weighted by Gasteiger charge is -2.20. The highest BCUT2D eigenvalue weighted by molar-refractivity contribution is 5.52. The van der Waals surface area contributed by atoms with Gasteiger partial charge in [0.15, 0.2) is 12.3 Å². The Morgan fingerprint density at radius 1 is 1.17 bits per heavy atom. The Morgan fingerprint density at radius 2 is 1.89 bits per heavy atom. The van der Waals surface area contributed by atoms with Crippen molar-refractivity contribution >= 4 is 6.21 Å². The second-order valence-electron chi connectivity index (χ2n) is 4.84. The van der Waals surface area contributed by atoms with E-state index in [0.717, 1.165) is 23.1 Å². The molecule has 3 nitrogen and oxygen atoms in total. The number of hydrogen-bond acceptors (Lipinski definition) is 2. The molecule has 0 amide bonds. The number of rotatable bonds is 5. The molecule has 0 spiro atoms. The highest BCUT2D eigenvalue weighted by Crippen LogP contribution is 2.19. The van der Waals surface area contributed by atoms with Gasteiger partial charge in [0.25, 0.3) is 0 Å². The van der Waals surface area contributed by atoms with E-state index in [9.17, 15) is 5.21 Å². The fourth-order valence-corrected chi connectivity index (χ4v) is 2.36. The molecule has 1 fully saturated rings. The van der Waals surface area contributed by atoms with E-state index in [0.29, 0.717) is 13.2 Å². The Morgan fingerprint density at radius 3 is 2.61 bits per heavy atom. The molecule has 0 heterocycles. The predicted octanol–water partition coefficient (Wildman–Crippen LogP) is 3.12. The van der Waals surface area contributed by atoms with Crippen LogP contribution in [0.3, 0.4) is 0 Å². The Labute approximate surface area is 109 Å². The Bertz CT molecular complexity index is 369. The van der Waals surface area contributed by atoms with Gasteiger partial charge in [-0.25, -0.2) is 4.74 Å². The van der Waals surface area contributed by atoms with Crippen molar-refractivity contribution in [2.75, 3.05) is 6.61 Å². The average Bonchev–Trinajstić information content (AvgIpc) is 2.45. The zero-order valence-electron chi connectivity index (χ0n) is 10.8. The highest BCUT2D eigenvalue weighted by atomic mass is 16.5. The van der Waals surface area contributed by atoms with Crippen LogP contribution in [0.2, 0.25) is 0 Å². The lowest BCUT2D eigenvalue weighted by atomic mass is 9.96. The molecule has 1 aromatic rings. The number of benzene rings is 1. The number of hydroxylamine groups is 1. The summed E-state index contributed by atoms with van der Waals surface area (Å²) in [6, 6.07) is 10.2. The molecular formula is C15H21NO2. The van der Waals surface area contributed by atoms with Gasteiger partial charge in [-0.1, -0.05) is 36.8 Å². The molecule has 98 valence electrons. The summed E-state index contributed by atoms with van der Waals surface area (Å²) in [7, 11) is 0. The van der Waals surface area contributed by atoms with Crippen LogP contribution in [-0.4, -0.2) is 23.6 Å². The molecule has 1 aliphatic rings. The Hall–Kier alpha value is -1.35. The molecule has 0 aromatic heterocycles. The summed E-state index contributed by atoms with van der Waals surface area (Å²) in [5.41, 5.74) is 1.14. The maximum absolute atomic E-state index is 11.8. The third-order valence-corrected chi connectivity index (χ3v) is 3.42. The van der Waals surface area contributed by atoms with Gasteiger partial charge in [-0.3, -0.25) is 0 Å². The van der Waals surface area contributed by atoms with E-state index in [-0.39, 0.29) is 6.04 Å². The van der Waals surface area contributed by atoms with E-state index in [1.807, 2.05) is 30.3 Å². The first kappa shape index (κ1) is 13.1. The van der Waals surface area contributed by atoms with Crippen molar-refractivity contribution in [3.63, 3.8) is 0 Å². The topological polar surface area (TPSA) is 35.3 Å². The smallest absolute Gasteiger partial charge is 0.177 e. The molecule has 0 unspecified atom stereocenters. The second-order valence-corrected chi connectivity index (χ2v) is 4.84. The van der Waals surface area contributed by atoms with Crippen LogP contribution in [0.4, 0.5) is 0 Å². The quantitative estimate of drug-likeness (QED) is 0.263.